The molecule has 3 heterocycles. The maximum absolute atomic E-state index is 13.9. The van der Waals surface area contributed by atoms with Gasteiger partial charge < -0.3 is 4.42 Å². The first-order valence-electron chi connectivity index (χ1n) is 10.1. The number of nitrogens with zero attached hydrogens (tertiary/aromatic N) is 4. The van der Waals surface area contributed by atoms with Gasteiger partial charge in [-0.1, -0.05) is 11.6 Å². The molecule has 2 aromatic carbocycles. The van der Waals surface area contributed by atoms with E-state index in [2.05, 4.69) is 9.97 Å². The molecule has 33 heavy (non-hydrogen) atoms. The fraction of sp³-hybridized carbons (Fsp3) is 0.174. The Balaban J connectivity index is 1.40. The molecule has 0 saturated carbocycles. The maximum atomic E-state index is 13.9. The third-order valence-corrected chi connectivity index (χ3v) is 5.85. The van der Waals surface area contributed by atoms with Crippen LogP contribution in [0.4, 0.5) is 10.1 Å². The monoisotopic (exact) mass is 466 g/mol. The van der Waals surface area contributed by atoms with E-state index in [1.807, 2.05) is 17.0 Å². The van der Waals surface area contributed by atoms with E-state index >= 15 is 0 Å². The molecule has 0 atom stereocenters. The maximum Gasteiger partial charge on any atom is 0.315 e. The summed E-state index contributed by atoms with van der Waals surface area (Å²) >= 11 is 5.95. The minimum atomic E-state index is -0.862. The van der Waals surface area contributed by atoms with E-state index in [-0.39, 0.29) is 17.5 Å². The molecular formula is C23H16ClFN4O4. The second-order valence-electron chi connectivity index (χ2n) is 7.78. The molecule has 2 aromatic heterocycles. The van der Waals surface area contributed by atoms with Gasteiger partial charge in [-0.05, 0) is 30.3 Å². The van der Waals surface area contributed by atoms with Gasteiger partial charge in [0.15, 0.2) is 11.3 Å². The quantitative estimate of drug-likeness (QED) is 0.322. The van der Waals surface area contributed by atoms with Crippen LogP contribution < -0.4 is 5.43 Å². The van der Waals surface area contributed by atoms with Gasteiger partial charge in [0.1, 0.15) is 5.82 Å². The molecule has 10 heteroatoms. The van der Waals surface area contributed by atoms with Crippen LogP contribution in [0.1, 0.15) is 16.8 Å². The summed E-state index contributed by atoms with van der Waals surface area (Å²) < 4.78 is 19.2. The lowest BCUT2D eigenvalue weighted by atomic mass is 10.1. The van der Waals surface area contributed by atoms with E-state index in [0.29, 0.717) is 35.9 Å². The smallest absolute Gasteiger partial charge is 0.315 e. The number of nitro benzene ring substituents is 1. The summed E-state index contributed by atoms with van der Waals surface area (Å²) in [5, 5.41) is 11.7. The molecule has 0 N–H and O–H groups in total. The number of aromatic nitrogens is 2. The number of halogens is 2. The average molecular weight is 467 g/mol. The van der Waals surface area contributed by atoms with Gasteiger partial charge in [-0.2, -0.15) is 0 Å². The number of fused-ring (bicyclic) bond motifs is 2. The van der Waals surface area contributed by atoms with Crippen molar-refractivity contribution in [2.45, 2.75) is 19.5 Å². The van der Waals surface area contributed by atoms with E-state index in [1.54, 1.807) is 18.3 Å². The van der Waals surface area contributed by atoms with Gasteiger partial charge >= 0.3 is 5.69 Å². The Morgan fingerprint density at radius 2 is 2.03 bits per heavy atom. The van der Waals surface area contributed by atoms with E-state index in [9.17, 15) is 19.3 Å². The molecular weight excluding hydrogens is 451 g/mol. The summed E-state index contributed by atoms with van der Waals surface area (Å²) in [5.74, 6) is -0.239. The van der Waals surface area contributed by atoms with Gasteiger partial charge in [-0.15, -0.1) is 0 Å². The average Bonchev–Trinajstić information content (AvgIpc) is 2.81. The van der Waals surface area contributed by atoms with Crippen molar-refractivity contribution in [1.82, 2.24) is 14.9 Å². The third-order valence-electron chi connectivity index (χ3n) is 5.60. The van der Waals surface area contributed by atoms with Crippen LogP contribution in [0, 0.1) is 15.9 Å². The van der Waals surface area contributed by atoms with E-state index in [1.165, 1.54) is 6.26 Å². The lowest BCUT2D eigenvalue weighted by Gasteiger charge is -2.27. The van der Waals surface area contributed by atoms with E-state index in [4.69, 9.17) is 16.0 Å². The Morgan fingerprint density at radius 3 is 2.79 bits per heavy atom. The highest BCUT2D eigenvalue weighted by Crippen LogP contribution is 2.27. The van der Waals surface area contributed by atoms with Crippen molar-refractivity contribution >= 4 is 28.3 Å². The molecule has 0 fully saturated rings. The molecule has 1 aliphatic rings. The molecule has 166 valence electrons. The Bertz CT molecular complexity index is 1460. The van der Waals surface area contributed by atoms with Gasteiger partial charge in [-0.25, -0.2) is 14.4 Å². The predicted molar refractivity (Wildman–Crippen MR) is 119 cm³/mol. The van der Waals surface area contributed by atoms with Crippen LogP contribution in [0.15, 0.2) is 58.1 Å². The van der Waals surface area contributed by atoms with Crippen LogP contribution in [0.2, 0.25) is 5.02 Å². The van der Waals surface area contributed by atoms with Crippen LogP contribution in [0.25, 0.3) is 22.4 Å². The van der Waals surface area contributed by atoms with Gasteiger partial charge in [0, 0.05) is 54.0 Å². The van der Waals surface area contributed by atoms with Crippen molar-refractivity contribution in [3.8, 4) is 11.4 Å². The molecule has 4 aromatic rings. The minimum absolute atomic E-state index is 0.146. The Morgan fingerprint density at radius 1 is 1.24 bits per heavy atom. The summed E-state index contributed by atoms with van der Waals surface area (Å²) in [6, 6.07) is 9.02. The predicted octanol–water partition coefficient (Wildman–Crippen LogP) is 4.51. The summed E-state index contributed by atoms with van der Waals surface area (Å²) in [7, 11) is 0. The lowest BCUT2D eigenvalue weighted by molar-refractivity contribution is -0.383. The number of benzene rings is 2. The lowest BCUT2D eigenvalue weighted by Crippen LogP contribution is -2.32. The molecule has 0 bridgehead atoms. The molecule has 0 radical (unpaired) electrons. The summed E-state index contributed by atoms with van der Waals surface area (Å²) in [5.41, 5.74) is 1.76. The third kappa shape index (κ3) is 4.08. The van der Waals surface area contributed by atoms with Crippen molar-refractivity contribution in [2.75, 3.05) is 6.54 Å². The van der Waals surface area contributed by atoms with Crippen LogP contribution in [-0.4, -0.2) is 26.3 Å². The number of rotatable bonds is 4. The molecule has 0 saturated heterocycles. The molecule has 5 rings (SSSR count). The van der Waals surface area contributed by atoms with Gasteiger partial charge in [0.2, 0.25) is 5.58 Å². The molecule has 8 nitrogen and oxygen atoms in total. The molecule has 0 aliphatic carbocycles. The standard InChI is InChI=1S/C23H16ClFN4O4/c24-16-3-1-13(2-4-16)23-26-9-14-10-28(6-5-19(14)27-23)11-15-12-33-22-18(21(15)30)7-17(25)8-20(22)29(31)32/h1-4,7-9,12H,5-6,10-11H2. The van der Waals surface area contributed by atoms with Crippen molar-refractivity contribution in [1.29, 1.82) is 0 Å². The normalized spacial score (nSPS) is 13.8. The van der Waals surface area contributed by atoms with Gasteiger partial charge in [0.05, 0.1) is 28.3 Å². The highest BCUT2D eigenvalue weighted by atomic mass is 35.5. The highest BCUT2D eigenvalue weighted by molar-refractivity contribution is 6.30. The van der Waals surface area contributed by atoms with Crippen LogP contribution in [0.3, 0.4) is 0 Å². The first kappa shape index (κ1) is 21.2. The Kier molecular flexibility index (Phi) is 5.35. The largest absolute Gasteiger partial charge is 0.456 e. The van der Waals surface area contributed by atoms with Crippen LogP contribution in [0.5, 0.6) is 0 Å². The van der Waals surface area contributed by atoms with Crippen molar-refractivity contribution in [2.24, 2.45) is 0 Å². The van der Waals surface area contributed by atoms with Crippen molar-refractivity contribution in [3.05, 3.63) is 96.9 Å². The molecule has 1 aliphatic heterocycles. The van der Waals surface area contributed by atoms with Gasteiger partial charge in [0.25, 0.3) is 0 Å². The summed E-state index contributed by atoms with van der Waals surface area (Å²) in [4.78, 5) is 34.5. The van der Waals surface area contributed by atoms with E-state index in [0.717, 1.165) is 29.0 Å². The minimum Gasteiger partial charge on any atom is -0.456 e. The molecule has 0 spiro atoms. The number of hydrogen-bond acceptors (Lipinski definition) is 7. The Labute approximate surface area is 191 Å². The number of nitro groups is 1. The van der Waals surface area contributed by atoms with E-state index < -0.39 is 21.9 Å². The van der Waals surface area contributed by atoms with Crippen molar-refractivity contribution < 1.29 is 13.7 Å². The first-order valence-corrected chi connectivity index (χ1v) is 10.5. The van der Waals surface area contributed by atoms with Crippen molar-refractivity contribution in [3.63, 3.8) is 0 Å². The second kappa shape index (κ2) is 8.34. The van der Waals surface area contributed by atoms with Gasteiger partial charge in [-0.3, -0.25) is 19.8 Å². The number of non-ortho nitro benzene ring substituents is 1. The zero-order valence-electron chi connectivity index (χ0n) is 17.1. The fourth-order valence-electron chi connectivity index (χ4n) is 3.96. The topological polar surface area (TPSA) is 102 Å². The first-order chi connectivity index (χ1) is 15.9. The summed E-state index contributed by atoms with van der Waals surface area (Å²) in [6.07, 6.45) is 3.66. The molecule has 0 amide bonds. The van der Waals surface area contributed by atoms with Crippen LogP contribution >= 0.6 is 11.6 Å². The Hall–Kier alpha value is -3.69. The highest BCUT2D eigenvalue weighted by Gasteiger charge is 2.23. The number of hydrogen-bond donors (Lipinski definition) is 0. The second-order valence-corrected chi connectivity index (χ2v) is 8.22. The SMILES string of the molecule is O=c1c(CN2CCc3nc(-c4ccc(Cl)cc4)ncc3C2)coc2c([N+](=O)[O-])cc(F)cc12. The zero-order valence-corrected chi connectivity index (χ0v) is 17.9. The van der Waals surface area contributed by atoms with Crippen LogP contribution in [-0.2, 0) is 19.5 Å². The molecule has 0 unspecified atom stereocenters. The summed E-state index contributed by atoms with van der Waals surface area (Å²) in [6.45, 7) is 1.42. The zero-order chi connectivity index (χ0) is 23.1. The fourth-order valence-corrected chi connectivity index (χ4v) is 4.09.